The van der Waals surface area contributed by atoms with Crippen molar-refractivity contribution in [2.75, 3.05) is 13.2 Å². The molecule has 3 N–H and O–H groups in total. The number of amides is 2. The Bertz CT molecular complexity index is 826. The maximum Gasteiger partial charge on any atom is 0.332 e. The number of rotatable bonds is 9. The Hall–Kier alpha value is -2.44. The van der Waals surface area contributed by atoms with E-state index in [1.54, 1.807) is 12.1 Å². The van der Waals surface area contributed by atoms with Crippen LogP contribution in [0.2, 0.25) is 10.0 Å². The van der Waals surface area contributed by atoms with Crippen molar-refractivity contribution in [3.8, 4) is 11.5 Å². The highest BCUT2D eigenvalue weighted by Crippen LogP contribution is 2.31. The average Bonchev–Trinajstić information content (AvgIpc) is 2.66. The first kappa shape index (κ1) is 21.9. The van der Waals surface area contributed by atoms with Crippen LogP contribution in [0.5, 0.6) is 11.5 Å². The van der Waals surface area contributed by atoms with E-state index >= 15 is 0 Å². The highest BCUT2D eigenvalue weighted by Gasteiger charge is 2.10. The molecular weight excluding hydrogens is 401 g/mol. The van der Waals surface area contributed by atoms with Gasteiger partial charge in [0, 0.05) is 10.6 Å². The van der Waals surface area contributed by atoms with E-state index in [0.29, 0.717) is 33.9 Å². The van der Waals surface area contributed by atoms with Crippen LogP contribution in [-0.4, -0.2) is 25.5 Å². The predicted molar refractivity (Wildman–Crippen MR) is 113 cm³/mol. The third kappa shape index (κ3) is 6.62. The Labute approximate surface area is 174 Å². The molecule has 0 aliphatic rings. The smallest absolute Gasteiger partial charge is 0.332 e. The third-order valence-corrected chi connectivity index (χ3v) is 4.57. The Balaban J connectivity index is 1.95. The summed E-state index contributed by atoms with van der Waals surface area (Å²) >= 11 is 12.2. The molecule has 2 rings (SSSR count). The van der Waals surface area contributed by atoms with Crippen LogP contribution in [0.25, 0.3) is 0 Å². The van der Waals surface area contributed by atoms with Crippen molar-refractivity contribution in [1.82, 2.24) is 5.43 Å². The second-order valence-electron chi connectivity index (χ2n) is 6.12. The molecule has 2 amide bonds. The van der Waals surface area contributed by atoms with Gasteiger partial charge in [-0.15, -0.1) is 0 Å². The van der Waals surface area contributed by atoms with Gasteiger partial charge in [0.2, 0.25) is 0 Å². The molecule has 8 heteroatoms. The van der Waals surface area contributed by atoms with E-state index in [-0.39, 0.29) is 6.61 Å². The van der Waals surface area contributed by atoms with Crippen LogP contribution in [0.3, 0.4) is 0 Å². The van der Waals surface area contributed by atoms with Crippen LogP contribution in [0.4, 0.5) is 4.79 Å². The minimum atomic E-state index is -0.778. The van der Waals surface area contributed by atoms with Crippen molar-refractivity contribution in [1.29, 1.82) is 0 Å². The monoisotopic (exact) mass is 423 g/mol. The third-order valence-electron chi connectivity index (χ3n) is 4.08. The highest BCUT2D eigenvalue weighted by molar-refractivity contribution is 6.36. The molecule has 2 aromatic rings. The second-order valence-corrected chi connectivity index (χ2v) is 6.96. The summed E-state index contributed by atoms with van der Waals surface area (Å²) < 4.78 is 11.4. The standard InChI is InChI=1S/C20H23Cl2N3O3/c1-3-13(2)14-4-6-17(7-5-14)27-8-9-28-19-15(12-24-25-20(23)26)10-16(21)11-18(19)22/h4-7,10-13H,3,8-9H2,1-2H3,(H3,23,25,26)/b24-12+. The molecule has 0 aromatic heterocycles. The number of hydrazone groups is 1. The van der Waals surface area contributed by atoms with Gasteiger partial charge in [-0.2, -0.15) is 5.10 Å². The summed E-state index contributed by atoms with van der Waals surface area (Å²) in [5.41, 5.74) is 8.87. The molecule has 0 fully saturated rings. The number of hydrogen-bond acceptors (Lipinski definition) is 4. The van der Waals surface area contributed by atoms with E-state index in [9.17, 15) is 4.79 Å². The van der Waals surface area contributed by atoms with E-state index < -0.39 is 6.03 Å². The molecule has 0 aliphatic carbocycles. The van der Waals surface area contributed by atoms with Gasteiger partial charge in [-0.05, 0) is 42.2 Å². The normalized spacial score (nSPS) is 12.0. The molecule has 0 saturated heterocycles. The van der Waals surface area contributed by atoms with Crippen LogP contribution in [0.1, 0.15) is 37.3 Å². The van der Waals surface area contributed by atoms with Gasteiger partial charge in [0.15, 0.2) is 0 Å². The molecule has 0 saturated carbocycles. The Morgan fingerprint density at radius 1 is 1.21 bits per heavy atom. The zero-order chi connectivity index (χ0) is 20.5. The van der Waals surface area contributed by atoms with Crippen molar-refractivity contribution in [3.63, 3.8) is 0 Å². The number of halogens is 2. The predicted octanol–water partition coefficient (Wildman–Crippen LogP) is 4.97. The number of hydrogen-bond donors (Lipinski definition) is 2. The van der Waals surface area contributed by atoms with Gasteiger partial charge in [0.05, 0.1) is 11.2 Å². The molecule has 1 atom stereocenters. The summed E-state index contributed by atoms with van der Waals surface area (Å²) in [4.78, 5) is 10.7. The van der Waals surface area contributed by atoms with Gasteiger partial charge in [0.25, 0.3) is 0 Å². The van der Waals surface area contributed by atoms with Crippen LogP contribution >= 0.6 is 23.2 Å². The van der Waals surface area contributed by atoms with Gasteiger partial charge in [0.1, 0.15) is 24.7 Å². The first-order valence-corrected chi connectivity index (χ1v) is 9.59. The van der Waals surface area contributed by atoms with Crippen molar-refractivity contribution < 1.29 is 14.3 Å². The molecule has 6 nitrogen and oxygen atoms in total. The van der Waals surface area contributed by atoms with Crippen molar-refractivity contribution in [3.05, 3.63) is 57.6 Å². The number of primary amides is 1. The lowest BCUT2D eigenvalue weighted by Crippen LogP contribution is -2.24. The zero-order valence-corrected chi connectivity index (χ0v) is 17.3. The minimum Gasteiger partial charge on any atom is -0.490 e. The maximum absolute atomic E-state index is 10.7. The van der Waals surface area contributed by atoms with E-state index in [0.717, 1.165) is 12.2 Å². The molecule has 1 unspecified atom stereocenters. The van der Waals surface area contributed by atoms with Gasteiger partial charge in [-0.3, -0.25) is 0 Å². The van der Waals surface area contributed by atoms with Crippen LogP contribution in [-0.2, 0) is 0 Å². The number of urea groups is 1. The van der Waals surface area contributed by atoms with Crippen molar-refractivity contribution in [2.45, 2.75) is 26.2 Å². The number of benzene rings is 2. The maximum atomic E-state index is 10.7. The van der Waals surface area contributed by atoms with Crippen LogP contribution < -0.4 is 20.6 Å². The van der Waals surface area contributed by atoms with Crippen LogP contribution in [0.15, 0.2) is 41.5 Å². The lowest BCUT2D eigenvalue weighted by molar-refractivity contribution is 0.217. The van der Waals surface area contributed by atoms with E-state index in [4.69, 9.17) is 38.4 Å². The lowest BCUT2D eigenvalue weighted by atomic mass is 9.99. The lowest BCUT2D eigenvalue weighted by Gasteiger charge is -2.13. The summed E-state index contributed by atoms with van der Waals surface area (Å²) in [6.07, 6.45) is 2.45. The first-order chi connectivity index (χ1) is 13.4. The fourth-order valence-electron chi connectivity index (χ4n) is 2.43. The Kier molecular flexibility index (Phi) is 8.42. The fraction of sp³-hybridized carbons (Fsp3) is 0.300. The average molecular weight is 424 g/mol. The number of nitrogens with one attached hydrogen (secondary N) is 1. The van der Waals surface area contributed by atoms with E-state index in [1.165, 1.54) is 11.8 Å². The SMILES string of the molecule is CCC(C)c1ccc(OCCOc2c(Cl)cc(Cl)cc2/C=N/NC(N)=O)cc1. The van der Waals surface area contributed by atoms with E-state index in [2.05, 4.69) is 36.5 Å². The summed E-state index contributed by atoms with van der Waals surface area (Å²) in [6, 6.07) is 10.4. The van der Waals surface area contributed by atoms with Crippen molar-refractivity contribution >= 4 is 35.4 Å². The first-order valence-electron chi connectivity index (χ1n) is 8.83. The molecule has 28 heavy (non-hydrogen) atoms. The number of nitrogens with two attached hydrogens (primary N) is 1. The topological polar surface area (TPSA) is 85.9 Å². The molecule has 0 bridgehead atoms. The number of ether oxygens (including phenoxy) is 2. The fourth-order valence-corrected chi connectivity index (χ4v) is 2.99. The van der Waals surface area contributed by atoms with Gasteiger partial charge in [-0.25, -0.2) is 10.2 Å². The Morgan fingerprint density at radius 3 is 2.54 bits per heavy atom. The van der Waals surface area contributed by atoms with Gasteiger partial charge < -0.3 is 15.2 Å². The van der Waals surface area contributed by atoms with Crippen molar-refractivity contribution in [2.24, 2.45) is 10.8 Å². The summed E-state index contributed by atoms with van der Waals surface area (Å²) in [7, 11) is 0. The molecule has 150 valence electrons. The summed E-state index contributed by atoms with van der Waals surface area (Å²) in [6.45, 7) is 4.95. The zero-order valence-electron chi connectivity index (χ0n) is 15.7. The molecule has 0 radical (unpaired) electrons. The second kappa shape index (κ2) is 10.8. The summed E-state index contributed by atoms with van der Waals surface area (Å²) in [5, 5.41) is 4.45. The largest absolute Gasteiger partial charge is 0.490 e. The summed E-state index contributed by atoms with van der Waals surface area (Å²) in [5.74, 6) is 1.68. The number of nitrogens with zero attached hydrogens (tertiary/aromatic N) is 1. The van der Waals surface area contributed by atoms with Gasteiger partial charge >= 0.3 is 6.03 Å². The minimum absolute atomic E-state index is 0.262. The van der Waals surface area contributed by atoms with Crippen LogP contribution in [0, 0.1) is 0 Å². The number of carbonyl (C=O) groups is 1. The molecule has 0 spiro atoms. The Morgan fingerprint density at radius 2 is 1.89 bits per heavy atom. The molecule has 2 aromatic carbocycles. The molecular formula is C20H23Cl2N3O3. The van der Waals surface area contributed by atoms with E-state index in [1.807, 2.05) is 12.1 Å². The number of carbonyl (C=O) groups excluding carboxylic acids is 1. The molecule has 0 heterocycles. The molecule has 0 aliphatic heterocycles. The van der Waals surface area contributed by atoms with Gasteiger partial charge in [-0.1, -0.05) is 49.2 Å². The quantitative estimate of drug-likeness (QED) is 0.339. The highest BCUT2D eigenvalue weighted by atomic mass is 35.5.